The Hall–Kier alpha value is -1.62. The lowest BCUT2D eigenvalue weighted by Crippen LogP contribution is -2.46. The highest BCUT2D eigenvalue weighted by molar-refractivity contribution is 7.89. The molecule has 2 rings (SSSR count). The summed E-state index contributed by atoms with van der Waals surface area (Å²) < 4.78 is 36.6. The minimum atomic E-state index is -3.94. The van der Waals surface area contributed by atoms with E-state index in [0.717, 1.165) is 6.07 Å². The van der Waals surface area contributed by atoms with Crippen molar-refractivity contribution in [1.82, 2.24) is 9.62 Å². The molecule has 1 aliphatic heterocycles. The van der Waals surface area contributed by atoms with Gasteiger partial charge in [-0.3, -0.25) is 4.79 Å². The van der Waals surface area contributed by atoms with Crippen molar-refractivity contribution in [1.29, 1.82) is 0 Å². The van der Waals surface area contributed by atoms with Crippen molar-refractivity contribution < 1.29 is 27.2 Å². The van der Waals surface area contributed by atoms with Crippen molar-refractivity contribution >= 4 is 34.3 Å². The second-order valence-corrected chi connectivity index (χ2v) is 7.68. The molecule has 0 saturated carbocycles. The third kappa shape index (κ3) is 4.76. The Morgan fingerprint density at radius 1 is 1.46 bits per heavy atom. The summed E-state index contributed by atoms with van der Waals surface area (Å²) >= 11 is 0. The average molecular weight is 410 g/mol. The summed E-state index contributed by atoms with van der Waals surface area (Å²) in [6.07, 6.45) is 1.16. The SMILES string of the molecule is COC(=O)c1cc(S(=O)(=O)N2CCCC(C(=O)NCCN)C2)oc1C.Cl. The number of carbonyl (C=O) groups is 2. The number of esters is 1. The number of nitrogens with two attached hydrogens (primary N) is 1. The van der Waals surface area contributed by atoms with Crippen LogP contribution < -0.4 is 11.1 Å². The number of amides is 1. The molecule has 26 heavy (non-hydrogen) atoms. The zero-order chi connectivity index (χ0) is 18.6. The van der Waals surface area contributed by atoms with E-state index in [4.69, 9.17) is 10.2 Å². The first-order valence-electron chi connectivity index (χ1n) is 7.98. The van der Waals surface area contributed by atoms with Crippen LogP contribution in [0.2, 0.25) is 0 Å². The highest BCUT2D eigenvalue weighted by atomic mass is 35.5. The van der Waals surface area contributed by atoms with Gasteiger partial charge in [0.15, 0.2) is 0 Å². The number of piperidine rings is 1. The van der Waals surface area contributed by atoms with Crippen molar-refractivity contribution in [3.63, 3.8) is 0 Å². The van der Waals surface area contributed by atoms with Crippen LogP contribution in [0.1, 0.15) is 29.0 Å². The number of nitrogens with zero attached hydrogens (tertiary/aromatic N) is 1. The van der Waals surface area contributed by atoms with Gasteiger partial charge in [-0.05, 0) is 19.8 Å². The fourth-order valence-corrected chi connectivity index (χ4v) is 4.23. The Balaban J connectivity index is 0.00000338. The van der Waals surface area contributed by atoms with E-state index in [1.807, 2.05) is 0 Å². The number of furan rings is 1. The Morgan fingerprint density at radius 3 is 2.77 bits per heavy atom. The van der Waals surface area contributed by atoms with Crippen molar-refractivity contribution in [2.24, 2.45) is 11.7 Å². The van der Waals surface area contributed by atoms with Crippen LogP contribution >= 0.6 is 12.4 Å². The van der Waals surface area contributed by atoms with Crippen LogP contribution in [0.25, 0.3) is 0 Å². The lowest BCUT2D eigenvalue weighted by atomic mass is 9.99. The van der Waals surface area contributed by atoms with E-state index in [1.165, 1.54) is 18.3 Å². The summed E-state index contributed by atoms with van der Waals surface area (Å²) in [7, 11) is -2.73. The van der Waals surface area contributed by atoms with E-state index < -0.39 is 21.9 Å². The molecule has 1 aliphatic rings. The van der Waals surface area contributed by atoms with Gasteiger partial charge >= 0.3 is 5.97 Å². The molecule has 0 radical (unpaired) electrons. The van der Waals surface area contributed by atoms with Crippen LogP contribution in [0.4, 0.5) is 0 Å². The number of carbonyl (C=O) groups excluding carboxylic acids is 2. The van der Waals surface area contributed by atoms with Gasteiger partial charge in [0.25, 0.3) is 10.0 Å². The molecule has 0 aliphatic carbocycles. The largest absolute Gasteiger partial charge is 0.465 e. The summed E-state index contributed by atoms with van der Waals surface area (Å²) in [4.78, 5) is 23.7. The van der Waals surface area contributed by atoms with Gasteiger partial charge in [-0.1, -0.05) is 0 Å². The smallest absolute Gasteiger partial charge is 0.341 e. The molecule has 1 aromatic rings. The van der Waals surface area contributed by atoms with E-state index in [-0.39, 0.29) is 47.8 Å². The van der Waals surface area contributed by atoms with Gasteiger partial charge in [0.1, 0.15) is 11.3 Å². The lowest BCUT2D eigenvalue weighted by molar-refractivity contribution is -0.126. The van der Waals surface area contributed by atoms with Gasteiger partial charge < -0.3 is 20.2 Å². The third-order valence-corrected chi connectivity index (χ3v) is 5.81. The van der Waals surface area contributed by atoms with Gasteiger partial charge in [-0.2, -0.15) is 4.31 Å². The van der Waals surface area contributed by atoms with Crippen LogP contribution in [0.5, 0.6) is 0 Å². The topological polar surface area (TPSA) is 132 Å². The van der Waals surface area contributed by atoms with Crippen molar-refractivity contribution in [3.05, 3.63) is 17.4 Å². The lowest BCUT2D eigenvalue weighted by Gasteiger charge is -2.30. The van der Waals surface area contributed by atoms with Gasteiger partial charge in [-0.25, -0.2) is 13.2 Å². The number of nitrogens with one attached hydrogen (secondary N) is 1. The molecule has 0 spiro atoms. The maximum Gasteiger partial charge on any atom is 0.341 e. The minimum absolute atomic E-state index is 0. The predicted molar refractivity (Wildman–Crippen MR) is 95.6 cm³/mol. The number of hydrogen-bond donors (Lipinski definition) is 2. The third-order valence-electron chi connectivity index (χ3n) is 4.09. The Kier molecular flexibility index (Phi) is 8.07. The molecule has 148 valence electrons. The number of methoxy groups -OCH3 is 1. The van der Waals surface area contributed by atoms with E-state index in [0.29, 0.717) is 25.9 Å². The normalized spacial score (nSPS) is 18.0. The second kappa shape index (κ2) is 9.36. The number of hydrogen-bond acceptors (Lipinski definition) is 7. The van der Waals surface area contributed by atoms with Gasteiger partial charge in [0.05, 0.1) is 13.0 Å². The van der Waals surface area contributed by atoms with E-state index in [9.17, 15) is 18.0 Å². The molecule has 1 aromatic heterocycles. The molecule has 0 aromatic carbocycles. The number of halogens is 1. The number of ether oxygens (including phenoxy) is 1. The summed E-state index contributed by atoms with van der Waals surface area (Å²) in [6.45, 7) is 2.51. The summed E-state index contributed by atoms with van der Waals surface area (Å²) in [5.41, 5.74) is 5.43. The molecule has 9 nitrogen and oxygen atoms in total. The molecule has 1 atom stereocenters. The molecule has 11 heteroatoms. The van der Waals surface area contributed by atoms with Crippen LogP contribution in [0.15, 0.2) is 15.6 Å². The zero-order valence-electron chi connectivity index (χ0n) is 14.7. The Labute approximate surface area is 158 Å². The van der Waals surface area contributed by atoms with Gasteiger partial charge in [0.2, 0.25) is 11.0 Å². The van der Waals surface area contributed by atoms with E-state index in [1.54, 1.807) is 0 Å². The summed E-state index contributed by atoms with van der Waals surface area (Å²) in [6, 6.07) is 1.16. The molecule has 1 fully saturated rings. The Bertz CT molecular complexity index is 749. The van der Waals surface area contributed by atoms with Crippen molar-refractivity contribution in [3.8, 4) is 0 Å². The monoisotopic (exact) mass is 409 g/mol. The molecular weight excluding hydrogens is 386 g/mol. The zero-order valence-corrected chi connectivity index (χ0v) is 16.3. The first-order chi connectivity index (χ1) is 11.8. The van der Waals surface area contributed by atoms with Gasteiger partial charge in [0, 0.05) is 32.2 Å². The molecule has 2 heterocycles. The molecule has 1 unspecified atom stereocenters. The first-order valence-corrected chi connectivity index (χ1v) is 9.42. The Morgan fingerprint density at radius 2 is 2.15 bits per heavy atom. The standard InChI is InChI=1S/C15H23N3O6S.ClH/c1-10-12(15(20)23-2)8-13(24-10)25(21,22)18-7-3-4-11(9-18)14(19)17-6-5-16;/h8,11H,3-7,9,16H2,1-2H3,(H,17,19);1H. The minimum Gasteiger partial charge on any atom is -0.465 e. The van der Waals surface area contributed by atoms with Gasteiger partial charge in [-0.15, -0.1) is 12.4 Å². The maximum absolute atomic E-state index is 12.8. The van der Waals surface area contributed by atoms with Crippen LogP contribution in [-0.4, -0.2) is 57.9 Å². The maximum atomic E-state index is 12.8. The van der Waals surface area contributed by atoms with Crippen LogP contribution in [0.3, 0.4) is 0 Å². The van der Waals surface area contributed by atoms with Crippen LogP contribution in [0, 0.1) is 12.8 Å². The molecule has 3 N–H and O–H groups in total. The van der Waals surface area contributed by atoms with Crippen LogP contribution in [-0.2, 0) is 19.6 Å². The molecule has 0 bridgehead atoms. The molecule has 1 saturated heterocycles. The fraction of sp³-hybridized carbons (Fsp3) is 0.600. The quantitative estimate of drug-likeness (QED) is 0.644. The highest BCUT2D eigenvalue weighted by Gasteiger charge is 2.36. The van der Waals surface area contributed by atoms with E-state index >= 15 is 0 Å². The highest BCUT2D eigenvalue weighted by Crippen LogP contribution is 2.27. The second-order valence-electron chi connectivity index (χ2n) is 5.81. The van der Waals surface area contributed by atoms with Crippen molar-refractivity contribution in [2.75, 3.05) is 33.3 Å². The summed E-state index contributed by atoms with van der Waals surface area (Å²) in [5.74, 6) is -1.15. The van der Waals surface area contributed by atoms with Crippen molar-refractivity contribution in [2.45, 2.75) is 24.9 Å². The number of rotatable bonds is 6. The average Bonchev–Trinajstić information content (AvgIpc) is 3.01. The summed E-state index contributed by atoms with van der Waals surface area (Å²) in [5, 5.41) is 2.35. The fourth-order valence-electron chi connectivity index (χ4n) is 2.74. The number of sulfonamides is 1. The molecule has 1 amide bonds. The van der Waals surface area contributed by atoms with E-state index in [2.05, 4.69) is 10.1 Å². The first kappa shape index (κ1) is 22.4. The molecular formula is C15H24ClN3O6S. The predicted octanol–water partition coefficient (Wildman–Crippen LogP) is 0.272. The number of aryl methyl sites for hydroxylation is 1.